The van der Waals surface area contributed by atoms with E-state index in [0.717, 1.165) is 17.7 Å². The normalized spacial score (nSPS) is 15.4. The lowest BCUT2D eigenvalue weighted by molar-refractivity contribution is -0.121. The molecule has 7 heteroatoms. The number of thiocarbonyl (C=S) groups is 1. The number of para-hydroxylation sites is 1. The molecule has 1 fully saturated rings. The average Bonchev–Trinajstić information content (AvgIpc) is 2.96. The zero-order valence-corrected chi connectivity index (χ0v) is 17.8. The van der Waals surface area contributed by atoms with E-state index in [1.807, 2.05) is 55.5 Å². The highest BCUT2D eigenvalue weighted by Gasteiger charge is 2.30. The van der Waals surface area contributed by atoms with E-state index in [4.69, 9.17) is 33.3 Å². The molecule has 1 saturated heterocycles. The van der Waals surface area contributed by atoms with Crippen LogP contribution in [0.1, 0.15) is 18.9 Å². The van der Waals surface area contributed by atoms with Crippen LogP contribution in [0.5, 0.6) is 11.5 Å². The highest BCUT2D eigenvalue weighted by atomic mass is 35.5. The summed E-state index contributed by atoms with van der Waals surface area (Å²) >= 11 is 12.6. The highest BCUT2D eigenvalue weighted by Crippen LogP contribution is 2.32. The van der Waals surface area contributed by atoms with Crippen LogP contribution in [0.25, 0.3) is 6.08 Å². The molecule has 1 aliphatic rings. The lowest BCUT2D eigenvalue weighted by Gasteiger charge is -2.10. The fourth-order valence-corrected chi connectivity index (χ4v) is 4.19. The zero-order chi connectivity index (χ0) is 19.9. The predicted molar refractivity (Wildman–Crippen MR) is 119 cm³/mol. The summed E-state index contributed by atoms with van der Waals surface area (Å²) in [6.07, 6.45) is 2.58. The molecule has 2 aromatic rings. The van der Waals surface area contributed by atoms with Gasteiger partial charge in [-0.05, 0) is 42.8 Å². The summed E-state index contributed by atoms with van der Waals surface area (Å²) in [5, 5.41) is 0.601. The van der Waals surface area contributed by atoms with Gasteiger partial charge >= 0.3 is 0 Å². The molecule has 0 spiro atoms. The molecule has 0 N–H and O–H groups in total. The number of rotatable bonds is 8. The van der Waals surface area contributed by atoms with E-state index in [1.54, 1.807) is 11.0 Å². The Labute approximate surface area is 179 Å². The Morgan fingerprint density at radius 3 is 2.68 bits per heavy atom. The standard InChI is InChI=1S/C21H20ClNO3S2/c1-2-23-20(24)19(28-21(23)27)14-15-7-5-8-16(13-15)25-11-6-12-26-18-10-4-3-9-17(18)22/h3-5,7-10,13-14H,2,6,11-12H2,1H3. The molecule has 0 atom stereocenters. The number of halogens is 1. The van der Waals surface area contributed by atoms with Gasteiger partial charge in [0.1, 0.15) is 15.8 Å². The monoisotopic (exact) mass is 433 g/mol. The van der Waals surface area contributed by atoms with Crippen molar-refractivity contribution < 1.29 is 14.3 Å². The van der Waals surface area contributed by atoms with E-state index in [2.05, 4.69) is 0 Å². The predicted octanol–water partition coefficient (Wildman–Crippen LogP) is 5.41. The van der Waals surface area contributed by atoms with Gasteiger partial charge < -0.3 is 9.47 Å². The first-order valence-corrected chi connectivity index (χ1v) is 10.5. The summed E-state index contributed by atoms with van der Waals surface area (Å²) in [7, 11) is 0. The van der Waals surface area contributed by atoms with E-state index < -0.39 is 0 Å². The van der Waals surface area contributed by atoms with Crippen molar-refractivity contribution in [3.63, 3.8) is 0 Å². The number of nitrogens with zero attached hydrogens (tertiary/aromatic N) is 1. The second-order valence-electron chi connectivity index (χ2n) is 5.98. The molecule has 4 nitrogen and oxygen atoms in total. The first kappa shape index (κ1) is 20.7. The molecule has 28 heavy (non-hydrogen) atoms. The number of hydrogen-bond donors (Lipinski definition) is 0. The maximum absolute atomic E-state index is 12.3. The van der Waals surface area contributed by atoms with E-state index in [-0.39, 0.29) is 5.91 Å². The molecule has 0 radical (unpaired) electrons. The summed E-state index contributed by atoms with van der Waals surface area (Å²) in [6, 6.07) is 15.0. The van der Waals surface area contributed by atoms with Crippen molar-refractivity contribution in [3.05, 3.63) is 64.0 Å². The van der Waals surface area contributed by atoms with Crippen LogP contribution in [0, 0.1) is 0 Å². The Morgan fingerprint density at radius 2 is 1.93 bits per heavy atom. The van der Waals surface area contributed by atoms with E-state index in [0.29, 0.717) is 39.8 Å². The first-order chi connectivity index (χ1) is 13.6. The maximum Gasteiger partial charge on any atom is 0.266 e. The minimum atomic E-state index is -0.0412. The van der Waals surface area contributed by atoms with Gasteiger partial charge in [-0.25, -0.2) is 0 Å². The van der Waals surface area contributed by atoms with Gasteiger partial charge in [0.2, 0.25) is 0 Å². The SMILES string of the molecule is CCN1C(=O)C(=Cc2cccc(OCCCOc3ccccc3Cl)c2)SC1=S. The summed E-state index contributed by atoms with van der Waals surface area (Å²) in [5.41, 5.74) is 0.904. The van der Waals surface area contributed by atoms with Crippen molar-refractivity contribution in [2.45, 2.75) is 13.3 Å². The number of ether oxygens (including phenoxy) is 2. The van der Waals surface area contributed by atoms with Gasteiger partial charge in [-0.3, -0.25) is 9.69 Å². The molecule has 1 aliphatic heterocycles. The minimum Gasteiger partial charge on any atom is -0.493 e. The summed E-state index contributed by atoms with van der Waals surface area (Å²) in [5.74, 6) is 1.38. The Balaban J connectivity index is 1.51. The third-order valence-corrected chi connectivity index (χ3v) is 5.69. The highest BCUT2D eigenvalue weighted by molar-refractivity contribution is 8.26. The number of benzene rings is 2. The van der Waals surface area contributed by atoms with Crippen molar-refractivity contribution in [3.8, 4) is 11.5 Å². The molecular weight excluding hydrogens is 414 g/mol. The Hall–Kier alpha value is -2.02. The van der Waals surface area contributed by atoms with Crippen molar-refractivity contribution in [2.75, 3.05) is 19.8 Å². The summed E-state index contributed by atoms with van der Waals surface area (Å²) in [4.78, 5) is 14.6. The van der Waals surface area contributed by atoms with Gasteiger partial charge in [0.15, 0.2) is 0 Å². The van der Waals surface area contributed by atoms with E-state index in [1.165, 1.54) is 11.8 Å². The Bertz CT molecular complexity index is 901. The number of carbonyl (C=O) groups excluding carboxylic acids is 1. The smallest absolute Gasteiger partial charge is 0.266 e. The molecule has 0 bridgehead atoms. The fourth-order valence-electron chi connectivity index (χ4n) is 2.61. The van der Waals surface area contributed by atoms with Crippen LogP contribution in [0.15, 0.2) is 53.4 Å². The third kappa shape index (κ3) is 5.28. The molecule has 3 rings (SSSR count). The molecule has 1 amide bonds. The maximum atomic E-state index is 12.3. The average molecular weight is 434 g/mol. The van der Waals surface area contributed by atoms with Crippen molar-refractivity contribution in [1.82, 2.24) is 4.90 Å². The third-order valence-electron chi connectivity index (χ3n) is 4.00. The van der Waals surface area contributed by atoms with Crippen molar-refractivity contribution in [2.24, 2.45) is 0 Å². The van der Waals surface area contributed by atoms with Gasteiger partial charge in [0.05, 0.1) is 23.1 Å². The zero-order valence-electron chi connectivity index (χ0n) is 15.4. The number of hydrogen-bond acceptors (Lipinski definition) is 5. The number of thioether (sulfide) groups is 1. The molecule has 0 unspecified atom stereocenters. The quantitative estimate of drug-likeness (QED) is 0.316. The second kappa shape index (κ2) is 9.96. The first-order valence-electron chi connectivity index (χ1n) is 8.94. The second-order valence-corrected chi connectivity index (χ2v) is 8.06. The van der Waals surface area contributed by atoms with Crippen LogP contribution in [-0.2, 0) is 4.79 Å². The number of carbonyl (C=O) groups is 1. The van der Waals surface area contributed by atoms with Crippen LogP contribution in [0.3, 0.4) is 0 Å². The Morgan fingerprint density at radius 1 is 1.14 bits per heavy atom. The molecule has 1 heterocycles. The topological polar surface area (TPSA) is 38.8 Å². The number of likely N-dealkylation sites (N-methyl/N-ethyl adjacent to an activating group) is 1. The van der Waals surface area contributed by atoms with Crippen molar-refractivity contribution >= 4 is 51.9 Å². The van der Waals surface area contributed by atoms with Crippen LogP contribution in [0.2, 0.25) is 5.02 Å². The van der Waals surface area contributed by atoms with Crippen molar-refractivity contribution in [1.29, 1.82) is 0 Å². The van der Waals surface area contributed by atoms with Crippen LogP contribution in [-0.4, -0.2) is 34.9 Å². The van der Waals surface area contributed by atoms with E-state index >= 15 is 0 Å². The van der Waals surface area contributed by atoms with Gasteiger partial charge in [0, 0.05) is 13.0 Å². The molecular formula is C21H20ClNO3S2. The largest absolute Gasteiger partial charge is 0.493 e. The molecule has 0 aliphatic carbocycles. The van der Waals surface area contributed by atoms with Gasteiger partial charge in [0.25, 0.3) is 5.91 Å². The van der Waals surface area contributed by atoms with Crippen LogP contribution in [0.4, 0.5) is 0 Å². The minimum absolute atomic E-state index is 0.0412. The van der Waals surface area contributed by atoms with Crippen LogP contribution >= 0.6 is 35.6 Å². The van der Waals surface area contributed by atoms with Gasteiger partial charge in [-0.1, -0.05) is 59.8 Å². The molecule has 0 saturated carbocycles. The van der Waals surface area contributed by atoms with Gasteiger partial charge in [-0.2, -0.15) is 0 Å². The fraction of sp³-hybridized carbons (Fsp3) is 0.238. The number of amides is 1. The molecule has 2 aromatic carbocycles. The lowest BCUT2D eigenvalue weighted by atomic mass is 10.2. The van der Waals surface area contributed by atoms with E-state index in [9.17, 15) is 4.79 Å². The lowest BCUT2D eigenvalue weighted by Crippen LogP contribution is -2.27. The Kier molecular flexibility index (Phi) is 7.36. The summed E-state index contributed by atoms with van der Waals surface area (Å²) in [6.45, 7) is 3.54. The van der Waals surface area contributed by atoms with Gasteiger partial charge in [-0.15, -0.1) is 0 Å². The molecule has 0 aromatic heterocycles. The molecule has 146 valence electrons. The van der Waals surface area contributed by atoms with Crippen LogP contribution < -0.4 is 9.47 Å². The summed E-state index contributed by atoms with van der Waals surface area (Å²) < 4.78 is 12.1.